The fraction of sp³-hybridized carbons (Fsp3) is 0.231. The summed E-state index contributed by atoms with van der Waals surface area (Å²) < 4.78 is 5.14. The van der Waals surface area contributed by atoms with Crippen LogP contribution in [0.3, 0.4) is 0 Å². The normalized spacial score (nSPS) is 14.1. The smallest absolute Gasteiger partial charge is 0.192 e. The number of aliphatic hydroxyl groups is 2. The summed E-state index contributed by atoms with van der Waals surface area (Å²) in [7, 11) is 0. The van der Waals surface area contributed by atoms with Gasteiger partial charge in [0, 0.05) is 6.07 Å². The minimum absolute atomic E-state index is 0.178. The zero-order valence-electron chi connectivity index (χ0n) is 9.41. The molecule has 2 atom stereocenters. The van der Waals surface area contributed by atoms with Crippen LogP contribution in [0.1, 0.15) is 18.1 Å². The first kappa shape index (κ1) is 12.3. The number of nitrogens with zero attached hydrogens (tertiary/aromatic N) is 1. The van der Waals surface area contributed by atoms with Crippen LogP contribution in [-0.2, 0) is 0 Å². The highest BCUT2D eigenvalue weighted by Crippen LogP contribution is 2.22. The van der Waals surface area contributed by atoms with E-state index in [0.29, 0.717) is 16.5 Å². The molecule has 92 valence electrons. The lowest BCUT2D eigenvalue weighted by Gasteiger charge is -2.15. The molecule has 2 rings (SSSR count). The quantitative estimate of drug-likeness (QED) is 0.844. The molecule has 2 N–H and O–H groups in total. The Bertz CT molecular complexity index is 656. The highest BCUT2D eigenvalue weighted by molar-refractivity contribution is 5.76. The van der Waals surface area contributed by atoms with Gasteiger partial charge in [-0.1, -0.05) is 6.07 Å². The van der Waals surface area contributed by atoms with Crippen LogP contribution in [0.15, 0.2) is 39.7 Å². The van der Waals surface area contributed by atoms with Crippen LogP contribution in [-0.4, -0.2) is 16.3 Å². The topological polar surface area (TPSA) is 94.5 Å². The molecule has 18 heavy (non-hydrogen) atoms. The second-order valence-corrected chi connectivity index (χ2v) is 3.91. The molecule has 2 aromatic rings. The summed E-state index contributed by atoms with van der Waals surface area (Å²) in [6, 6.07) is 7.63. The Morgan fingerprint density at radius 1 is 1.33 bits per heavy atom. The highest BCUT2D eigenvalue weighted by atomic mass is 16.3. The van der Waals surface area contributed by atoms with Gasteiger partial charge in [0.2, 0.25) is 0 Å². The van der Waals surface area contributed by atoms with Crippen molar-refractivity contribution in [2.75, 3.05) is 0 Å². The monoisotopic (exact) mass is 245 g/mol. The minimum Gasteiger partial charge on any atom is -0.464 e. The summed E-state index contributed by atoms with van der Waals surface area (Å²) in [5, 5.41) is 28.2. The summed E-state index contributed by atoms with van der Waals surface area (Å²) in [5.74, 6) is 0. The number of rotatable bonds is 3. The second-order valence-electron chi connectivity index (χ2n) is 3.91. The molecule has 0 aliphatic carbocycles. The Balaban J connectivity index is 2.44. The average Bonchev–Trinajstić information content (AvgIpc) is 2.38. The van der Waals surface area contributed by atoms with E-state index in [0.717, 1.165) is 0 Å². The van der Waals surface area contributed by atoms with Gasteiger partial charge < -0.3 is 14.6 Å². The number of hydrogen-bond acceptors (Lipinski definition) is 5. The molecule has 0 radical (unpaired) electrons. The molecule has 0 saturated heterocycles. The highest BCUT2D eigenvalue weighted by Gasteiger charge is 2.18. The lowest BCUT2D eigenvalue weighted by Crippen LogP contribution is -2.17. The Morgan fingerprint density at radius 3 is 2.83 bits per heavy atom. The zero-order valence-corrected chi connectivity index (χ0v) is 9.41. The van der Waals surface area contributed by atoms with Crippen LogP contribution >= 0.6 is 0 Å². The van der Waals surface area contributed by atoms with Crippen molar-refractivity contribution in [3.8, 4) is 6.07 Å². The third kappa shape index (κ3) is 2.25. The van der Waals surface area contributed by atoms with Gasteiger partial charge in [-0.05, 0) is 17.7 Å². The van der Waals surface area contributed by atoms with E-state index in [4.69, 9.17) is 9.68 Å². The molecule has 5 heteroatoms. The van der Waals surface area contributed by atoms with Gasteiger partial charge in [0.25, 0.3) is 0 Å². The van der Waals surface area contributed by atoms with Crippen LogP contribution in [0.2, 0.25) is 0 Å². The van der Waals surface area contributed by atoms with E-state index in [1.807, 2.05) is 0 Å². The SMILES string of the molecule is N#CCC(O)C(O)c1ccc2occc(=O)c2c1. The Kier molecular flexibility index (Phi) is 3.42. The number of fused-ring (bicyclic) bond motifs is 1. The Morgan fingerprint density at radius 2 is 2.11 bits per heavy atom. The maximum absolute atomic E-state index is 11.6. The maximum atomic E-state index is 11.6. The van der Waals surface area contributed by atoms with Crippen molar-refractivity contribution in [3.05, 3.63) is 46.3 Å². The molecular weight excluding hydrogens is 234 g/mol. The van der Waals surface area contributed by atoms with E-state index >= 15 is 0 Å². The molecule has 0 bridgehead atoms. The van der Waals surface area contributed by atoms with E-state index in [9.17, 15) is 15.0 Å². The molecular formula is C13H11NO4. The van der Waals surface area contributed by atoms with E-state index in [1.165, 1.54) is 18.4 Å². The number of benzene rings is 1. The van der Waals surface area contributed by atoms with Crippen molar-refractivity contribution in [2.24, 2.45) is 0 Å². The summed E-state index contributed by atoms with van der Waals surface area (Å²) in [5.41, 5.74) is 0.567. The van der Waals surface area contributed by atoms with Crippen LogP contribution < -0.4 is 5.43 Å². The number of nitriles is 1. The van der Waals surface area contributed by atoms with Gasteiger partial charge in [0.1, 0.15) is 11.7 Å². The molecule has 0 aliphatic rings. The molecule has 0 spiro atoms. The van der Waals surface area contributed by atoms with Crippen LogP contribution in [0, 0.1) is 11.3 Å². The molecule has 0 amide bonds. The Hall–Kier alpha value is -2.16. The minimum atomic E-state index is -1.20. The summed E-state index contributed by atoms with van der Waals surface area (Å²) in [6.45, 7) is 0. The predicted octanol–water partition coefficient (Wildman–Crippen LogP) is 1.10. The fourth-order valence-corrected chi connectivity index (χ4v) is 1.71. The standard InChI is InChI=1S/C13H11NO4/c14-5-3-11(16)13(17)8-1-2-12-9(7-8)10(15)4-6-18-12/h1-2,4,6-7,11,13,16-17H,3H2. The molecule has 2 unspecified atom stereocenters. The third-order valence-electron chi connectivity index (χ3n) is 2.69. The van der Waals surface area contributed by atoms with Crippen molar-refractivity contribution in [2.45, 2.75) is 18.6 Å². The van der Waals surface area contributed by atoms with Crippen molar-refractivity contribution in [3.63, 3.8) is 0 Å². The first-order chi connectivity index (χ1) is 8.63. The molecule has 1 aromatic heterocycles. The van der Waals surface area contributed by atoms with E-state index in [2.05, 4.69) is 0 Å². The molecule has 0 aliphatic heterocycles. The van der Waals surface area contributed by atoms with E-state index in [1.54, 1.807) is 18.2 Å². The van der Waals surface area contributed by atoms with Gasteiger partial charge in [0.15, 0.2) is 5.43 Å². The first-order valence-corrected chi connectivity index (χ1v) is 5.38. The van der Waals surface area contributed by atoms with Gasteiger partial charge in [-0.15, -0.1) is 0 Å². The van der Waals surface area contributed by atoms with Gasteiger partial charge >= 0.3 is 0 Å². The average molecular weight is 245 g/mol. The summed E-state index contributed by atoms with van der Waals surface area (Å²) in [6.07, 6.45) is -1.26. The summed E-state index contributed by atoms with van der Waals surface area (Å²) in [4.78, 5) is 11.6. The molecule has 1 heterocycles. The lowest BCUT2D eigenvalue weighted by atomic mass is 10.0. The van der Waals surface area contributed by atoms with E-state index < -0.39 is 12.2 Å². The third-order valence-corrected chi connectivity index (χ3v) is 2.69. The second kappa shape index (κ2) is 5.00. The van der Waals surface area contributed by atoms with Crippen molar-refractivity contribution >= 4 is 11.0 Å². The number of hydrogen-bond donors (Lipinski definition) is 2. The van der Waals surface area contributed by atoms with E-state index in [-0.39, 0.29) is 11.8 Å². The number of aliphatic hydroxyl groups excluding tert-OH is 2. The van der Waals surface area contributed by atoms with Gasteiger partial charge in [-0.25, -0.2) is 0 Å². The van der Waals surface area contributed by atoms with Crippen molar-refractivity contribution in [1.29, 1.82) is 5.26 Å². The fourth-order valence-electron chi connectivity index (χ4n) is 1.71. The molecule has 0 saturated carbocycles. The summed E-state index contributed by atoms with van der Waals surface area (Å²) >= 11 is 0. The van der Waals surface area contributed by atoms with Crippen LogP contribution in [0.25, 0.3) is 11.0 Å². The van der Waals surface area contributed by atoms with Gasteiger partial charge in [-0.2, -0.15) is 5.26 Å². The largest absolute Gasteiger partial charge is 0.464 e. The van der Waals surface area contributed by atoms with Crippen molar-refractivity contribution < 1.29 is 14.6 Å². The van der Waals surface area contributed by atoms with Crippen LogP contribution in [0.4, 0.5) is 0 Å². The molecule has 1 aromatic carbocycles. The van der Waals surface area contributed by atoms with Gasteiger partial charge in [0.05, 0.1) is 30.2 Å². The lowest BCUT2D eigenvalue weighted by molar-refractivity contribution is 0.0217. The zero-order chi connectivity index (χ0) is 13.1. The first-order valence-electron chi connectivity index (χ1n) is 5.38. The van der Waals surface area contributed by atoms with Gasteiger partial charge in [-0.3, -0.25) is 4.79 Å². The van der Waals surface area contributed by atoms with Crippen molar-refractivity contribution in [1.82, 2.24) is 0 Å². The predicted molar refractivity (Wildman–Crippen MR) is 63.7 cm³/mol. The van der Waals surface area contributed by atoms with Crippen LogP contribution in [0.5, 0.6) is 0 Å². The Labute approximate surface area is 103 Å². The molecule has 5 nitrogen and oxygen atoms in total. The molecule has 0 fully saturated rings. The maximum Gasteiger partial charge on any atom is 0.192 e.